The molecule has 1 atom stereocenters. The number of hydrogen-bond acceptors (Lipinski definition) is 2. The highest BCUT2D eigenvalue weighted by Crippen LogP contribution is 2.30. The van der Waals surface area contributed by atoms with E-state index in [1.807, 2.05) is 38.2 Å². The summed E-state index contributed by atoms with van der Waals surface area (Å²) < 4.78 is 0. The maximum Gasteiger partial charge on any atom is 0.0590 e. The summed E-state index contributed by atoms with van der Waals surface area (Å²) in [5, 5.41) is 4.64. The number of nitrogens with one attached hydrogen (secondary N) is 1. The maximum absolute atomic E-state index is 6.25. The van der Waals surface area contributed by atoms with E-state index in [1.54, 1.807) is 12.3 Å². The lowest BCUT2D eigenvalue weighted by atomic mass is 9.99. The van der Waals surface area contributed by atoms with Crippen molar-refractivity contribution in [3.05, 3.63) is 63.4 Å². The van der Waals surface area contributed by atoms with Crippen LogP contribution in [0.15, 0.2) is 36.5 Å². The van der Waals surface area contributed by atoms with Crippen LogP contribution in [0.5, 0.6) is 0 Å². The van der Waals surface area contributed by atoms with Gasteiger partial charge in [-0.05, 0) is 55.4 Å². The van der Waals surface area contributed by atoms with Crippen LogP contribution in [0.4, 0.5) is 0 Å². The second-order valence-electron chi connectivity index (χ2n) is 4.12. The van der Waals surface area contributed by atoms with Crippen molar-refractivity contribution in [2.75, 3.05) is 7.05 Å². The number of hydrogen-bond donors (Lipinski definition) is 1. The summed E-state index contributed by atoms with van der Waals surface area (Å²) in [7, 11) is 1.90. The summed E-state index contributed by atoms with van der Waals surface area (Å²) in [5.41, 5.74) is 3.07. The summed E-state index contributed by atoms with van der Waals surface area (Å²) in [6.07, 6.45) is 1.80. The molecule has 0 bridgehead atoms. The normalized spacial score (nSPS) is 12.4. The minimum Gasteiger partial charge on any atom is -0.309 e. The summed E-state index contributed by atoms with van der Waals surface area (Å²) >= 11 is 12.3. The minimum atomic E-state index is 0.0119. The highest BCUT2D eigenvalue weighted by molar-refractivity contribution is 6.33. The van der Waals surface area contributed by atoms with Gasteiger partial charge in [0.2, 0.25) is 0 Å². The molecule has 0 aliphatic carbocycles. The zero-order valence-corrected chi connectivity index (χ0v) is 11.8. The van der Waals surface area contributed by atoms with E-state index in [1.165, 1.54) is 0 Å². The first kappa shape index (κ1) is 13.3. The summed E-state index contributed by atoms with van der Waals surface area (Å²) in [6.45, 7) is 1.97. The SMILES string of the molecule is CNC(c1ccnc(C)c1)c1cc(Cl)ccc1Cl. The predicted molar refractivity (Wildman–Crippen MR) is 76.3 cm³/mol. The monoisotopic (exact) mass is 280 g/mol. The molecule has 94 valence electrons. The van der Waals surface area contributed by atoms with Crippen LogP contribution >= 0.6 is 23.2 Å². The Morgan fingerprint density at radius 1 is 1.17 bits per heavy atom. The van der Waals surface area contributed by atoms with Gasteiger partial charge in [0.15, 0.2) is 0 Å². The largest absolute Gasteiger partial charge is 0.309 e. The molecule has 1 aromatic heterocycles. The van der Waals surface area contributed by atoms with E-state index in [0.29, 0.717) is 10.0 Å². The van der Waals surface area contributed by atoms with E-state index in [9.17, 15) is 0 Å². The van der Waals surface area contributed by atoms with Gasteiger partial charge in [-0.25, -0.2) is 0 Å². The first-order chi connectivity index (χ1) is 8.61. The topological polar surface area (TPSA) is 24.9 Å². The second-order valence-corrected chi connectivity index (χ2v) is 4.96. The van der Waals surface area contributed by atoms with Gasteiger partial charge in [0.1, 0.15) is 0 Å². The number of pyridine rings is 1. The Hall–Kier alpha value is -1.09. The molecule has 0 saturated carbocycles. The smallest absolute Gasteiger partial charge is 0.0590 e. The molecule has 0 fully saturated rings. The molecule has 0 spiro atoms. The number of benzene rings is 1. The van der Waals surface area contributed by atoms with Crippen LogP contribution in [0.2, 0.25) is 10.0 Å². The van der Waals surface area contributed by atoms with Crippen LogP contribution in [0.25, 0.3) is 0 Å². The standard InChI is InChI=1S/C14H14Cl2N2/c1-9-7-10(5-6-18-9)14(17-2)12-8-11(15)3-4-13(12)16/h3-8,14,17H,1-2H3. The van der Waals surface area contributed by atoms with Crippen LogP contribution in [-0.2, 0) is 0 Å². The third kappa shape index (κ3) is 2.83. The van der Waals surface area contributed by atoms with Crippen molar-refractivity contribution in [2.45, 2.75) is 13.0 Å². The van der Waals surface area contributed by atoms with Crippen molar-refractivity contribution < 1.29 is 0 Å². The van der Waals surface area contributed by atoms with Gasteiger partial charge in [-0.15, -0.1) is 0 Å². The van der Waals surface area contributed by atoms with Gasteiger partial charge >= 0.3 is 0 Å². The summed E-state index contributed by atoms with van der Waals surface area (Å²) in [5.74, 6) is 0. The Kier molecular flexibility index (Phi) is 4.23. The molecule has 0 aliphatic rings. The lowest BCUT2D eigenvalue weighted by molar-refractivity contribution is 0.690. The fraction of sp³-hybridized carbons (Fsp3) is 0.214. The Labute approximate surface area is 117 Å². The molecule has 0 amide bonds. The number of aryl methyl sites for hydroxylation is 1. The van der Waals surface area contributed by atoms with Gasteiger partial charge in [0.05, 0.1) is 6.04 Å². The summed E-state index contributed by atoms with van der Waals surface area (Å²) in [4.78, 5) is 4.20. The Balaban J connectivity index is 2.48. The molecular weight excluding hydrogens is 267 g/mol. The molecule has 1 N–H and O–H groups in total. The quantitative estimate of drug-likeness (QED) is 0.919. The van der Waals surface area contributed by atoms with Gasteiger partial charge in [0, 0.05) is 21.9 Å². The lowest BCUT2D eigenvalue weighted by Crippen LogP contribution is -2.18. The van der Waals surface area contributed by atoms with Gasteiger partial charge < -0.3 is 5.32 Å². The Morgan fingerprint density at radius 3 is 2.61 bits per heavy atom. The molecule has 1 unspecified atom stereocenters. The van der Waals surface area contributed by atoms with Crippen molar-refractivity contribution in [3.8, 4) is 0 Å². The first-order valence-electron chi connectivity index (χ1n) is 5.66. The number of nitrogens with zero attached hydrogens (tertiary/aromatic N) is 1. The molecule has 0 saturated heterocycles. The van der Waals surface area contributed by atoms with E-state index in [-0.39, 0.29) is 6.04 Å². The molecular formula is C14H14Cl2N2. The van der Waals surface area contributed by atoms with Crippen molar-refractivity contribution >= 4 is 23.2 Å². The van der Waals surface area contributed by atoms with Crippen molar-refractivity contribution in [1.29, 1.82) is 0 Å². The third-order valence-electron chi connectivity index (χ3n) is 2.81. The zero-order chi connectivity index (χ0) is 13.1. The fourth-order valence-corrected chi connectivity index (χ4v) is 2.39. The van der Waals surface area contributed by atoms with Crippen LogP contribution in [0.3, 0.4) is 0 Å². The maximum atomic E-state index is 6.25. The van der Waals surface area contributed by atoms with Crippen LogP contribution in [-0.4, -0.2) is 12.0 Å². The highest BCUT2D eigenvalue weighted by Gasteiger charge is 2.15. The molecule has 4 heteroatoms. The highest BCUT2D eigenvalue weighted by atomic mass is 35.5. The molecule has 18 heavy (non-hydrogen) atoms. The molecule has 0 radical (unpaired) electrons. The van der Waals surface area contributed by atoms with Gasteiger partial charge in [-0.2, -0.15) is 0 Å². The molecule has 2 aromatic rings. The number of halogens is 2. The second kappa shape index (κ2) is 5.70. The van der Waals surface area contributed by atoms with Crippen molar-refractivity contribution in [3.63, 3.8) is 0 Å². The van der Waals surface area contributed by atoms with Crippen LogP contribution in [0, 0.1) is 6.92 Å². The first-order valence-corrected chi connectivity index (χ1v) is 6.42. The van der Waals surface area contributed by atoms with Gasteiger partial charge in [-0.1, -0.05) is 23.2 Å². The number of aromatic nitrogens is 1. The molecule has 2 nitrogen and oxygen atoms in total. The minimum absolute atomic E-state index is 0.0119. The fourth-order valence-electron chi connectivity index (χ4n) is 1.98. The lowest BCUT2D eigenvalue weighted by Gasteiger charge is -2.19. The predicted octanol–water partition coefficient (Wildman–Crippen LogP) is 4.01. The molecule has 0 aliphatic heterocycles. The van der Waals surface area contributed by atoms with Gasteiger partial charge in [0.25, 0.3) is 0 Å². The Bertz CT molecular complexity index is 555. The third-order valence-corrected chi connectivity index (χ3v) is 3.39. The van der Waals surface area contributed by atoms with E-state index < -0.39 is 0 Å². The Morgan fingerprint density at radius 2 is 1.94 bits per heavy atom. The average molecular weight is 281 g/mol. The van der Waals surface area contributed by atoms with E-state index in [4.69, 9.17) is 23.2 Å². The van der Waals surface area contributed by atoms with Crippen molar-refractivity contribution in [2.24, 2.45) is 0 Å². The summed E-state index contributed by atoms with van der Waals surface area (Å²) in [6, 6.07) is 9.53. The molecule has 1 heterocycles. The average Bonchev–Trinajstić information content (AvgIpc) is 2.35. The molecule has 2 rings (SSSR count). The number of rotatable bonds is 3. The van der Waals surface area contributed by atoms with Crippen molar-refractivity contribution in [1.82, 2.24) is 10.3 Å². The van der Waals surface area contributed by atoms with E-state index in [2.05, 4.69) is 10.3 Å². The van der Waals surface area contributed by atoms with Crippen LogP contribution in [0.1, 0.15) is 22.9 Å². The van der Waals surface area contributed by atoms with E-state index in [0.717, 1.165) is 16.8 Å². The van der Waals surface area contributed by atoms with Gasteiger partial charge in [-0.3, -0.25) is 4.98 Å². The zero-order valence-electron chi connectivity index (χ0n) is 10.2. The van der Waals surface area contributed by atoms with E-state index >= 15 is 0 Å². The molecule has 1 aromatic carbocycles. The van der Waals surface area contributed by atoms with Crippen LogP contribution < -0.4 is 5.32 Å².